The molecule has 1 aromatic heterocycles. The Morgan fingerprint density at radius 2 is 2.46 bits per heavy atom. The number of rotatable bonds is 0. The summed E-state index contributed by atoms with van der Waals surface area (Å²) >= 11 is 3.45. The van der Waals surface area contributed by atoms with Gasteiger partial charge in [0, 0.05) is 29.7 Å². The SMILES string of the molecule is CC(=O)N1CCc2c(Br)ccnc21. The molecule has 0 saturated carbocycles. The number of aromatic nitrogens is 1. The van der Waals surface area contributed by atoms with Gasteiger partial charge in [-0.3, -0.25) is 9.69 Å². The van der Waals surface area contributed by atoms with Crippen LogP contribution in [0.1, 0.15) is 12.5 Å². The molecule has 0 spiro atoms. The molecule has 68 valence electrons. The third-order valence-corrected chi connectivity index (χ3v) is 2.94. The first-order chi connectivity index (χ1) is 6.20. The topological polar surface area (TPSA) is 33.2 Å². The van der Waals surface area contributed by atoms with Crippen LogP contribution in [0, 0.1) is 0 Å². The van der Waals surface area contributed by atoms with Gasteiger partial charge >= 0.3 is 0 Å². The minimum absolute atomic E-state index is 0.0596. The third-order valence-electron chi connectivity index (χ3n) is 2.20. The first-order valence-corrected chi connectivity index (χ1v) is 4.91. The molecule has 0 fully saturated rings. The normalized spacial score (nSPS) is 14.5. The summed E-state index contributed by atoms with van der Waals surface area (Å²) in [4.78, 5) is 17.1. The molecule has 1 aliphatic heterocycles. The van der Waals surface area contributed by atoms with Gasteiger partial charge in [0.25, 0.3) is 0 Å². The Balaban J connectivity index is 2.49. The van der Waals surface area contributed by atoms with Crippen molar-refractivity contribution in [3.63, 3.8) is 0 Å². The standard InChI is InChI=1S/C9H9BrN2O/c1-6(13)12-5-3-7-8(10)2-4-11-9(7)12/h2,4H,3,5H2,1H3. The zero-order valence-electron chi connectivity index (χ0n) is 7.25. The van der Waals surface area contributed by atoms with Crippen LogP contribution in [0.4, 0.5) is 5.82 Å². The summed E-state index contributed by atoms with van der Waals surface area (Å²) < 4.78 is 1.04. The molecule has 0 aliphatic carbocycles. The maximum Gasteiger partial charge on any atom is 0.225 e. The van der Waals surface area contributed by atoms with Gasteiger partial charge in [-0.1, -0.05) is 15.9 Å². The molecule has 4 heteroatoms. The number of hydrogen-bond donors (Lipinski definition) is 0. The van der Waals surface area contributed by atoms with Crippen molar-refractivity contribution in [3.05, 3.63) is 22.3 Å². The quantitative estimate of drug-likeness (QED) is 0.693. The Bertz CT molecular complexity index is 365. The van der Waals surface area contributed by atoms with E-state index < -0.39 is 0 Å². The van der Waals surface area contributed by atoms with Crippen molar-refractivity contribution in [1.82, 2.24) is 4.98 Å². The summed E-state index contributed by atoms with van der Waals surface area (Å²) in [6, 6.07) is 1.91. The first-order valence-electron chi connectivity index (χ1n) is 4.11. The van der Waals surface area contributed by atoms with Gasteiger partial charge in [0.1, 0.15) is 5.82 Å². The summed E-state index contributed by atoms with van der Waals surface area (Å²) in [7, 11) is 0. The largest absolute Gasteiger partial charge is 0.296 e. The molecule has 2 heterocycles. The highest BCUT2D eigenvalue weighted by atomic mass is 79.9. The number of fused-ring (bicyclic) bond motifs is 1. The number of hydrogen-bond acceptors (Lipinski definition) is 2. The number of halogens is 1. The Morgan fingerprint density at radius 3 is 3.15 bits per heavy atom. The predicted octanol–water partition coefficient (Wildman–Crippen LogP) is 1.75. The van der Waals surface area contributed by atoms with Crippen molar-refractivity contribution < 1.29 is 4.79 Å². The molecule has 1 amide bonds. The van der Waals surface area contributed by atoms with Gasteiger partial charge in [-0.05, 0) is 12.5 Å². The van der Waals surface area contributed by atoms with Crippen LogP contribution in [-0.2, 0) is 11.2 Å². The molecule has 1 aliphatic rings. The molecule has 1 aromatic rings. The molecule has 3 nitrogen and oxygen atoms in total. The van der Waals surface area contributed by atoms with Gasteiger partial charge in [-0.25, -0.2) is 4.98 Å². The minimum atomic E-state index is 0.0596. The minimum Gasteiger partial charge on any atom is -0.296 e. The summed E-state index contributed by atoms with van der Waals surface area (Å²) in [5, 5.41) is 0. The smallest absolute Gasteiger partial charge is 0.225 e. The number of carbonyl (C=O) groups excluding carboxylic acids is 1. The Kier molecular flexibility index (Phi) is 2.07. The zero-order valence-corrected chi connectivity index (χ0v) is 8.84. The van der Waals surface area contributed by atoms with E-state index in [0.29, 0.717) is 0 Å². The Labute approximate surface area is 84.9 Å². The van der Waals surface area contributed by atoms with Crippen molar-refractivity contribution in [2.45, 2.75) is 13.3 Å². The zero-order chi connectivity index (χ0) is 9.42. The number of pyridine rings is 1. The predicted molar refractivity (Wildman–Crippen MR) is 53.7 cm³/mol. The van der Waals surface area contributed by atoms with Crippen molar-refractivity contribution in [2.75, 3.05) is 11.4 Å². The molecule has 0 radical (unpaired) electrons. The lowest BCUT2D eigenvalue weighted by atomic mass is 10.2. The van der Waals surface area contributed by atoms with Crippen LogP contribution >= 0.6 is 15.9 Å². The second kappa shape index (κ2) is 3.10. The lowest BCUT2D eigenvalue weighted by molar-refractivity contribution is -0.116. The number of amides is 1. The maximum atomic E-state index is 11.2. The van der Waals surface area contributed by atoms with Crippen molar-refractivity contribution in [3.8, 4) is 0 Å². The summed E-state index contributed by atoms with van der Waals surface area (Å²) in [6.45, 7) is 2.32. The highest BCUT2D eigenvalue weighted by Crippen LogP contribution is 2.31. The lowest BCUT2D eigenvalue weighted by Crippen LogP contribution is -2.26. The van der Waals surface area contributed by atoms with Crippen LogP contribution < -0.4 is 4.90 Å². The second-order valence-electron chi connectivity index (χ2n) is 3.02. The van der Waals surface area contributed by atoms with Crippen LogP contribution in [-0.4, -0.2) is 17.4 Å². The number of anilines is 1. The molecular weight excluding hydrogens is 232 g/mol. The molecule has 0 N–H and O–H groups in total. The van der Waals surface area contributed by atoms with E-state index in [1.165, 1.54) is 0 Å². The highest BCUT2D eigenvalue weighted by Gasteiger charge is 2.24. The Morgan fingerprint density at radius 1 is 1.69 bits per heavy atom. The van der Waals surface area contributed by atoms with Crippen molar-refractivity contribution >= 4 is 27.7 Å². The molecule has 0 unspecified atom stereocenters. The maximum absolute atomic E-state index is 11.2. The molecule has 0 aromatic carbocycles. The van der Waals surface area contributed by atoms with Gasteiger partial charge in [0.15, 0.2) is 0 Å². The fourth-order valence-electron chi connectivity index (χ4n) is 1.56. The van der Waals surface area contributed by atoms with Crippen LogP contribution in [0.25, 0.3) is 0 Å². The molecule has 13 heavy (non-hydrogen) atoms. The monoisotopic (exact) mass is 240 g/mol. The summed E-state index contributed by atoms with van der Waals surface area (Å²) in [6.07, 6.45) is 2.60. The number of carbonyl (C=O) groups is 1. The second-order valence-corrected chi connectivity index (χ2v) is 3.87. The van der Waals surface area contributed by atoms with E-state index in [0.717, 1.165) is 28.8 Å². The summed E-state index contributed by atoms with van der Waals surface area (Å²) in [5.41, 5.74) is 1.14. The van der Waals surface area contributed by atoms with E-state index in [2.05, 4.69) is 20.9 Å². The van der Waals surface area contributed by atoms with Crippen LogP contribution in [0.2, 0.25) is 0 Å². The van der Waals surface area contributed by atoms with Crippen LogP contribution in [0.15, 0.2) is 16.7 Å². The van der Waals surface area contributed by atoms with E-state index in [1.54, 1.807) is 18.0 Å². The van der Waals surface area contributed by atoms with E-state index in [4.69, 9.17) is 0 Å². The van der Waals surface area contributed by atoms with Gasteiger partial charge in [0.05, 0.1) is 0 Å². The molecule has 0 saturated heterocycles. The molecule has 0 atom stereocenters. The van der Waals surface area contributed by atoms with Crippen LogP contribution in [0.5, 0.6) is 0 Å². The summed E-state index contributed by atoms with van der Waals surface area (Å²) in [5.74, 6) is 0.867. The van der Waals surface area contributed by atoms with E-state index >= 15 is 0 Å². The highest BCUT2D eigenvalue weighted by molar-refractivity contribution is 9.10. The fourth-order valence-corrected chi connectivity index (χ4v) is 2.05. The molecule has 2 rings (SSSR count). The van der Waals surface area contributed by atoms with Gasteiger partial charge in [-0.15, -0.1) is 0 Å². The third kappa shape index (κ3) is 1.35. The van der Waals surface area contributed by atoms with E-state index in [1.807, 2.05) is 6.07 Å². The van der Waals surface area contributed by atoms with Crippen molar-refractivity contribution in [2.24, 2.45) is 0 Å². The van der Waals surface area contributed by atoms with Crippen LogP contribution in [0.3, 0.4) is 0 Å². The van der Waals surface area contributed by atoms with Gasteiger partial charge in [0.2, 0.25) is 5.91 Å². The Hall–Kier alpha value is -0.900. The van der Waals surface area contributed by atoms with E-state index in [9.17, 15) is 4.79 Å². The average Bonchev–Trinajstić information content (AvgIpc) is 2.48. The van der Waals surface area contributed by atoms with Gasteiger partial charge < -0.3 is 0 Å². The fraction of sp³-hybridized carbons (Fsp3) is 0.333. The lowest BCUT2D eigenvalue weighted by Gasteiger charge is -2.12. The molecule has 0 bridgehead atoms. The van der Waals surface area contributed by atoms with Crippen molar-refractivity contribution in [1.29, 1.82) is 0 Å². The molecular formula is C9H9BrN2O. The first kappa shape index (κ1) is 8.69. The van der Waals surface area contributed by atoms with Gasteiger partial charge in [-0.2, -0.15) is 0 Å². The van der Waals surface area contributed by atoms with E-state index in [-0.39, 0.29) is 5.91 Å². The average molecular weight is 241 g/mol. The number of nitrogens with zero attached hydrogens (tertiary/aromatic N) is 2.